The molecule has 11 heteroatoms. The molecule has 2 aliphatic rings. The molecule has 2 heterocycles. The van der Waals surface area contributed by atoms with E-state index in [-0.39, 0.29) is 37.5 Å². The van der Waals surface area contributed by atoms with Gasteiger partial charge < -0.3 is 5.11 Å². The van der Waals surface area contributed by atoms with Crippen LogP contribution >= 0.6 is 11.3 Å². The van der Waals surface area contributed by atoms with Crippen molar-refractivity contribution in [2.24, 2.45) is 16.8 Å². The van der Waals surface area contributed by atoms with Crippen molar-refractivity contribution in [2.75, 3.05) is 0 Å². The van der Waals surface area contributed by atoms with Crippen molar-refractivity contribution in [3.05, 3.63) is 40.1 Å². The minimum atomic E-state index is -4.58. The van der Waals surface area contributed by atoms with Gasteiger partial charge in [0.05, 0.1) is 10.8 Å². The Labute approximate surface area is 191 Å². The van der Waals surface area contributed by atoms with Crippen LogP contribution < -0.4 is 0 Å². The molecule has 0 aliphatic heterocycles. The van der Waals surface area contributed by atoms with Crippen molar-refractivity contribution in [2.45, 2.75) is 57.3 Å². The van der Waals surface area contributed by atoms with Crippen LogP contribution in [0.4, 0.5) is 23.5 Å². The highest BCUT2D eigenvalue weighted by atomic mass is 32.1. The smallest absolute Gasteiger partial charge is 0.433 e. The molecule has 1 saturated carbocycles. The number of hydrogen-bond acceptors (Lipinski definition) is 6. The number of rotatable bonds is 4. The van der Waals surface area contributed by atoms with Crippen LogP contribution in [-0.4, -0.2) is 31.7 Å². The van der Waals surface area contributed by atoms with Gasteiger partial charge in [-0.1, -0.05) is 6.92 Å². The largest absolute Gasteiger partial charge is 0.481 e. The van der Waals surface area contributed by atoms with Gasteiger partial charge in [-0.15, -0.1) is 11.3 Å². The van der Waals surface area contributed by atoms with E-state index in [1.54, 1.807) is 12.3 Å². The highest BCUT2D eigenvalue weighted by Gasteiger charge is 2.41. The zero-order valence-electron chi connectivity index (χ0n) is 17.8. The summed E-state index contributed by atoms with van der Waals surface area (Å²) >= 11 is 1.23. The van der Waals surface area contributed by atoms with E-state index < -0.39 is 29.4 Å². The molecule has 6 nitrogen and oxygen atoms in total. The van der Waals surface area contributed by atoms with Crippen molar-refractivity contribution in [3.63, 3.8) is 0 Å². The fourth-order valence-electron chi connectivity index (χ4n) is 4.23. The molecule has 2 aliphatic carbocycles. The number of hydrogen-bond donors (Lipinski definition) is 1. The lowest BCUT2D eigenvalue weighted by Gasteiger charge is -2.30. The van der Waals surface area contributed by atoms with Gasteiger partial charge in [0.15, 0.2) is 5.67 Å². The van der Waals surface area contributed by atoms with Crippen molar-refractivity contribution in [1.29, 1.82) is 0 Å². The summed E-state index contributed by atoms with van der Waals surface area (Å²) in [6, 6.07) is 0.796. The maximum Gasteiger partial charge on any atom is 0.433 e. The molecule has 176 valence electrons. The Morgan fingerprint density at radius 1 is 1.24 bits per heavy atom. The summed E-state index contributed by atoms with van der Waals surface area (Å²) in [6.45, 7) is 2.00. The molecular weight excluding hydrogens is 460 g/mol. The fraction of sp³-hybridized carbons (Fsp3) is 0.500. The van der Waals surface area contributed by atoms with E-state index in [4.69, 9.17) is 5.11 Å². The quantitative estimate of drug-likeness (QED) is 0.542. The van der Waals surface area contributed by atoms with Crippen molar-refractivity contribution in [1.82, 2.24) is 15.0 Å². The Bertz CT molecular complexity index is 1100. The van der Waals surface area contributed by atoms with Gasteiger partial charge in [0.1, 0.15) is 10.7 Å². The highest BCUT2D eigenvalue weighted by Crippen LogP contribution is 2.45. The van der Waals surface area contributed by atoms with Gasteiger partial charge in [-0.25, -0.2) is 24.3 Å². The summed E-state index contributed by atoms with van der Waals surface area (Å²) in [5.74, 6) is -1.50. The van der Waals surface area contributed by atoms with Crippen molar-refractivity contribution >= 4 is 34.5 Å². The molecule has 0 saturated heterocycles. The van der Waals surface area contributed by atoms with Crippen LogP contribution in [0.5, 0.6) is 0 Å². The second-order valence-corrected chi connectivity index (χ2v) is 9.66. The first-order valence-electron chi connectivity index (χ1n) is 10.6. The highest BCUT2D eigenvalue weighted by molar-refractivity contribution is 7.12. The summed E-state index contributed by atoms with van der Waals surface area (Å²) in [5, 5.41) is 9.48. The molecule has 0 spiro atoms. The van der Waals surface area contributed by atoms with Gasteiger partial charge in [0, 0.05) is 18.1 Å². The molecule has 2 aromatic heterocycles. The Hall–Kier alpha value is -2.69. The van der Waals surface area contributed by atoms with Crippen LogP contribution in [0.3, 0.4) is 0 Å². The number of thiazole rings is 1. The van der Waals surface area contributed by atoms with Gasteiger partial charge in [0.2, 0.25) is 5.95 Å². The monoisotopic (exact) mass is 482 g/mol. The zero-order valence-corrected chi connectivity index (χ0v) is 18.6. The van der Waals surface area contributed by atoms with Gasteiger partial charge in [0.25, 0.3) is 0 Å². The van der Waals surface area contributed by atoms with Crippen LogP contribution in [0, 0.1) is 11.8 Å². The maximum atomic E-state index is 15.5. The van der Waals surface area contributed by atoms with Crippen LogP contribution in [0.1, 0.15) is 61.0 Å². The Morgan fingerprint density at radius 2 is 1.97 bits per heavy atom. The number of aliphatic carboxylic acids is 1. The third-order valence-corrected chi connectivity index (χ3v) is 7.23. The molecule has 4 rings (SSSR count). The molecule has 0 amide bonds. The van der Waals surface area contributed by atoms with Crippen LogP contribution in [0.2, 0.25) is 0 Å². The van der Waals surface area contributed by atoms with E-state index in [1.165, 1.54) is 11.3 Å². The third-order valence-electron chi connectivity index (χ3n) is 5.98. The third kappa shape index (κ3) is 5.29. The molecule has 0 aromatic carbocycles. The lowest BCUT2D eigenvalue weighted by atomic mass is 9.80. The van der Waals surface area contributed by atoms with Gasteiger partial charge >= 0.3 is 12.1 Å². The van der Waals surface area contributed by atoms with E-state index in [2.05, 4.69) is 19.9 Å². The fourth-order valence-corrected chi connectivity index (χ4v) is 5.31. The second kappa shape index (κ2) is 8.92. The average molecular weight is 483 g/mol. The minimum absolute atomic E-state index is 0.117. The summed E-state index contributed by atoms with van der Waals surface area (Å²) in [5.41, 5.74) is -1.26. The Balaban J connectivity index is 1.57. The number of allylic oxidation sites excluding steroid dienone is 2. The molecule has 2 aromatic rings. The molecule has 1 atom stereocenters. The first kappa shape index (κ1) is 23.5. The standard InChI is InChI=1S/C22H22F4N4O2S/c1-12-8-14(10-15(9-12)29-20-27-7-4-17(30-20)22(24,25)26)16-11-28-19(33-16)21(23)5-2-13(3-6-21)18(31)32/h4,7,10-13H,2-3,5-6,8-9H2,1H3,(H,31,32). The second-order valence-electron chi connectivity index (χ2n) is 8.63. The average Bonchev–Trinajstić information content (AvgIpc) is 3.25. The number of carboxylic acid groups (broad SMARTS) is 1. The molecule has 0 bridgehead atoms. The number of aromatic nitrogens is 3. The molecule has 1 unspecified atom stereocenters. The number of nitrogens with zero attached hydrogens (tertiary/aromatic N) is 4. The van der Waals surface area contributed by atoms with E-state index in [0.29, 0.717) is 23.6 Å². The predicted molar refractivity (Wildman–Crippen MR) is 115 cm³/mol. The molecule has 1 N–H and O–H groups in total. The minimum Gasteiger partial charge on any atom is -0.481 e. The first-order valence-corrected chi connectivity index (χ1v) is 11.4. The van der Waals surface area contributed by atoms with E-state index in [9.17, 15) is 18.0 Å². The van der Waals surface area contributed by atoms with Gasteiger partial charge in [-0.3, -0.25) is 4.79 Å². The molecular formula is C22H22F4N4O2S. The SMILES string of the molecule is CC1CC(c2cnc(C3(F)CCC(C(=O)O)CC3)s2)=CC(=Nc2nccc(C(F)(F)F)n2)C1. The van der Waals surface area contributed by atoms with Crippen LogP contribution in [0.15, 0.2) is 29.5 Å². The van der Waals surface area contributed by atoms with E-state index in [0.717, 1.165) is 22.7 Å². The summed E-state index contributed by atoms with van der Waals surface area (Å²) in [4.78, 5) is 27.8. The van der Waals surface area contributed by atoms with E-state index >= 15 is 4.39 Å². The summed E-state index contributed by atoms with van der Waals surface area (Å²) in [6.07, 6.45) is 1.87. The van der Waals surface area contributed by atoms with Gasteiger partial charge in [-0.2, -0.15) is 13.2 Å². The lowest BCUT2D eigenvalue weighted by Crippen LogP contribution is -2.30. The number of carbonyl (C=O) groups is 1. The molecule has 0 radical (unpaired) electrons. The Kier molecular flexibility index (Phi) is 6.35. The topological polar surface area (TPSA) is 88.3 Å². The van der Waals surface area contributed by atoms with Gasteiger partial charge in [-0.05, 0) is 62.2 Å². The maximum absolute atomic E-state index is 15.5. The normalized spacial score (nSPS) is 27.4. The number of aliphatic imine (C=N–C) groups is 1. The molecule has 33 heavy (non-hydrogen) atoms. The number of carboxylic acids is 1. The van der Waals surface area contributed by atoms with Crippen LogP contribution in [0.25, 0.3) is 5.57 Å². The first-order chi connectivity index (χ1) is 15.5. The van der Waals surface area contributed by atoms with Crippen molar-refractivity contribution < 1.29 is 27.5 Å². The molecule has 1 fully saturated rings. The van der Waals surface area contributed by atoms with Crippen LogP contribution in [-0.2, 0) is 16.6 Å². The lowest BCUT2D eigenvalue weighted by molar-refractivity contribution is -0.144. The number of alkyl halides is 4. The Morgan fingerprint density at radius 3 is 2.64 bits per heavy atom. The summed E-state index contributed by atoms with van der Waals surface area (Å²) < 4.78 is 54.3. The van der Waals surface area contributed by atoms with E-state index in [1.807, 2.05) is 6.92 Å². The predicted octanol–water partition coefficient (Wildman–Crippen LogP) is 5.98. The zero-order chi connectivity index (χ0) is 23.8. The van der Waals surface area contributed by atoms with Crippen molar-refractivity contribution in [3.8, 4) is 0 Å². The summed E-state index contributed by atoms with van der Waals surface area (Å²) in [7, 11) is 0. The number of halogens is 4.